The minimum Gasteiger partial charge on any atom is -0.465 e. The molecule has 5 rings (SSSR count). The maximum atomic E-state index is 13.7. The third-order valence-corrected chi connectivity index (χ3v) is 5.44. The normalized spacial score (nSPS) is 17.1. The van der Waals surface area contributed by atoms with Crippen molar-refractivity contribution in [1.29, 1.82) is 0 Å². The maximum Gasteiger partial charge on any atom is 0.407 e. The number of imidazole rings is 2. The van der Waals surface area contributed by atoms with Crippen LogP contribution in [0.2, 0.25) is 0 Å². The molecule has 0 aromatic carbocycles. The first-order valence-electron chi connectivity index (χ1n) is 9.56. The van der Waals surface area contributed by atoms with Crippen LogP contribution < -0.4 is 5.69 Å². The second kappa shape index (κ2) is 6.94. The number of carboxylic acid groups (broad SMARTS) is 1. The first-order chi connectivity index (χ1) is 14.5. The number of nitrogens with one attached hydrogen (secondary N) is 1. The number of fused-ring (bicyclic) bond motifs is 2. The summed E-state index contributed by atoms with van der Waals surface area (Å²) in [7, 11) is 0. The number of nitrogens with zero attached hydrogens (tertiary/aromatic N) is 6. The zero-order chi connectivity index (χ0) is 20.8. The van der Waals surface area contributed by atoms with Crippen LogP contribution in [0.5, 0.6) is 0 Å². The topological polar surface area (TPSA) is 121 Å². The smallest absolute Gasteiger partial charge is 0.407 e. The number of aromatic amines is 1. The molecular formula is C19H18FN7O3. The van der Waals surface area contributed by atoms with Gasteiger partial charge in [-0.15, -0.1) is 0 Å². The number of pyridine rings is 1. The zero-order valence-electron chi connectivity index (χ0n) is 15.8. The molecule has 1 atom stereocenters. The fourth-order valence-electron chi connectivity index (χ4n) is 4.00. The van der Waals surface area contributed by atoms with Gasteiger partial charge < -0.3 is 15.0 Å². The van der Waals surface area contributed by atoms with Crippen molar-refractivity contribution in [3.63, 3.8) is 0 Å². The van der Waals surface area contributed by atoms with Crippen LogP contribution in [-0.4, -0.2) is 58.1 Å². The lowest BCUT2D eigenvalue weighted by molar-refractivity contribution is 0.116. The predicted octanol–water partition coefficient (Wildman–Crippen LogP) is 1.96. The average Bonchev–Trinajstić information content (AvgIpc) is 3.28. The monoisotopic (exact) mass is 411 g/mol. The third kappa shape index (κ3) is 3.08. The van der Waals surface area contributed by atoms with Gasteiger partial charge in [0.15, 0.2) is 11.5 Å². The molecule has 5 heterocycles. The second-order valence-corrected chi connectivity index (χ2v) is 7.43. The number of rotatable bonds is 3. The van der Waals surface area contributed by atoms with Crippen LogP contribution in [0.3, 0.4) is 0 Å². The molecule has 154 valence electrons. The number of H-pyrrole nitrogens is 1. The van der Waals surface area contributed by atoms with Gasteiger partial charge in [0.1, 0.15) is 22.7 Å². The molecule has 0 aliphatic carbocycles. The highest BCUT2D eigenvalue weighted by Crippen LogP contribution is 2.22. The summed E-state index contributed by atoms with van der Waals surface area (Å²) in [5.74, 6) is -0.0966. The van der Waals surface area contributed by atoms with E-state index in [-0.39, 0.29) is 11.6 Å². The lowest BCUT2D eigenvalue weighted by Gasteiger charge is -2.30. The van der Waals surface area contributed by atoms with Gasteiger partial charge in [0.2, 0.25) is 0 Å². The number of amides is 1. The summed E-state index contributed by atoms with van der Waals surface area (Å²) >= 11 is 0. The van der Waals surface area contributed by atoms with Gasteiger partial charge in [0.05, 0.1) is 12.4 Å². The molecule has 0 unspecified atom stereocenters. The van der Waals surface area contributed by atoms with Gasteiger partial charge >= 0.3 is 11.8 Å². The molecule has 1 aliphatic heterocycles. The van der Waals surface area contributed by atoms with Gasteiger partial charge in [0.25, 0.3) is 0 Å². The van der Waals surface area contributed by atoms with Crippen molar-refractivity contribution in [3.05, 3.63) is 47.0 Å². The molecule has 1 saturated heterocycles. The van der Waals surface area contributed by atoms with Crippen molar-refractivity contribution >= 4 is 22.9 Å². The Bertz CT molecular complexity index is 1320. The van der Waals surface area contributed by atoms with Crippen LogP contribution in [0.25, 0.3) is 28.3 Å². The highest BCUT2D eigenvalue weighted by atomic mass is 19.1. The SMILES string of the molecule is O=C(O)N1CCC[C@@H](Cn2c(=O)[nH]c3cnc(-c4cnc5ccc(F)cn45)nc32)C1. The van der Waals surface area contributed by atoms with Gasteiger partial charge in [-0.05, 0) is 30.9 Å². The zero-order valence-corrected chi connectivity index (χ0v) is 15.8. The Balaban J connectivity index is 1.54. The van der Waals surface area contributed by atoms with Crippen LogP contribution in [0, 0.1) is 11.7 Å². The molecule has 0 spiro atoms. The van der Waals surface area contributed by atoms with Crippen LogP contribution in [0.4, 0.5) is 9.18 Å². The van der Waals surface area contributed by atoms with Gasteiger partial charge in [-0.25, -0.2) is 28.9 Å². The van der Waals surface area contributed by atoms with E-state index in [0.29, 0.717) is 48.0 Å². The Kier molecular flexibility index (Phi) is 4.23. The Hall–Kier alpha value is -3.76. The van der Waals surface area contributed by atoms with Crippen LogP contribution in [0.1, 0.15) is 12.8 Å². The molecule has 11 heteroatoms. The van der Waals surface area contributed by atoms with E-state index in [9.17, 15) is 19.1 Å². The Morgan fingerprint density at radius 2 is 2.17 bits per heavy atom. The first-order valence-corrected chi connectivity index (χ1v) is 9.56. The molecule has 1 fully saturated rings. The lowest BCUT2D eigenvalue weighted by atomic mass is 9.98. The summed E-state index contributed by atoms with van der Waals surface area (Å²) in [4.78, 5) is 41.0. The van der Waals surface area contributed by atoms with E-state index < -0.39 is 11.9 Å². The minimum absolute atomic E-state index is 0.00913. The van der Waals surface area contributed by atoms with Gasteiger partial charge in [-0.1, -0.05) is 0 Å². The molecule has 2 N–H and O–H groups in total. The van der Waals surface area contributed by atoms with Crippen molar-refractivity contribution in [2.24, 2.45) is 5.92 Å². The number of hydrogen-bond donors (Lipinski definition) is 2. The lowest BCUT2D eigenvalue weighted by Crippen LogP contribution is -2.41. The number of carbonyl (C=O) groups is 1. The van der Waals surface area contributed by atoms with Crippen molar-refractivity contribution in [1.82, 2.24) is 33.8 Å². The molecule has 10 nitrogen and oxygen atoms in total. The maximum absolute atomic E-state index is 13.7. The summed E-state index contributed by atoms with van der Waals surface area (Å²) in [6.07, 6.45) is 5.00. The Labute approximate surface area is 168 Å². The van der Waals surface area contributed by atoms with E-state index >= 15 is 0 Å². The average molecular weight is 411 g/mol. The summed E-state index contributed by atoms with van der Waals surface area (Å²) in [6.45, 7) is 1.23. The van der Waals surface area contributed by atoms with Crippen molar-refractivity contribution < 1.29 is 14.3 Å². The van der Waals surface area contributed by atoms with Crippen molar-refractivity contribution in [2.75, 3.05) is 13.1 Å². The Morgan fingerprint density at radius 1 is 1.30 bits per heavy atom. The van der Waals surface area contributed by atoms with Crippen molar-refractivity contribution in [2.45, 2.75) is 19.4 Å². The highest BCUT2D eigenvalue weighted by Gasteiger charge is 2.25. The third-order valence-electron chi connectivity index (χ3n) is 5.44. The first kappa shape index (κ1) is 18.3. The quantitative estimate of drug-likeness (QED) is 0.532. The summed E-state index contributed by atoms with van der Waals surface area (Å²) < 4.78 is 16.8. The van der Waals surface area contributed by atoms with E-state index in [1.807, 2.05) is 0 Å². The molecule has 30 heavy (non-hydrogen) atoms. The summed E-state index contributed by atoms with van der Waals surface area (Å²) in [6, 6.07) is 2.88. The number of likely N-dealkylation sites (tertiary alicyclic amines) is 1. The molecule has 0 radical (unpaired) electrons. The second-order valence-electron chi connectivity index (χ2n) is 7.43. The predicted molar refractivity (Wildman–Crippen MR) is 105 cm³/mol. The van der Waals surface area contributed by atoms with Crippen LogP contribution in [0.15, 0.2) is 35.5 Å². The van der Waals surface area contributed by atoms with Crippen LogP contribution in [-0.2, 0) is 6.54 Å². The van der Waals surface area contributed by atoms with Crippen molar-refractivity contribution in [3.8, 4) is 11.5 Å². The molecule has 4 aromatic rings. The minimum atomic E-state index is -0.949. The molecule has 1 aliphatic rings. The number of piperidine rings is 1. The molecule has 4 aromatic heterocycles. The van der Waals surface area contributed by atoms with Gasteiger partial charge in [0, 0.05) is 25.8 Å². The van der Waals surface area contributed by atoms with Gasteiger partial charge in [-0.3, -0.25) is 8.97 Å². The number of hydrogen-bond acceptors (Lipinski definition) is 5. The molecule has 1 amide bonds. The standard InChI is InChI=1S/C19H18FN7O3/c20-12-3-4-15-21-7-14(26(15)10-12)16-22-6-13-17(24-16)27(18(28)23-13)9-11-2-1-5-25(8-11)19(29)30/h3-4,6-7,10-11H,1-2,5,8-9H2,(H,23,28)(H,29,30)/t11-/m1/s1. The largest absolute Gasteiger partial charge is 0.465 e. The van der Waals surface area contributed by atoms with E-state index in [2.05, 4.69) is 19.9 Å². The van der Waals surface area contributed by atoms with E-state index in [1.165, 1.54) is 27.9 Å². The van der Waals surface area contributed by atoms with E-state index in [4.69, 9.17) is 0 Å². The molecule has 0 saturated carbocycles. The van der Waals surface area contributed by atoms with E-state index in [1.54, 1.807) is 16.7 Å². The summed E-state index contributed by atoms with van der Waals surface area (Å²) in [5.41, 5.74) is 1.63. The molecular weight excluding hydrogens is 393 g/mol. The molecule has 0 bridgehead atoms. The number of aromatic nitrogens is 6. The van der Waals surface area contributed by atoms with Gasteiger partial charge in [-0.2, -0.15) is 0 Å². The fraction of sp³-hybridized carbons (Fsp3) is 0.316. The van der Waals surface area contributed by atoms with E-state index in [0.717, 1.165) is 12.8 Å². The highest BCUT2D eigenvalue weighted by molar-refractivity contribution is 5.72. The fourth-order valence-corrected chi connectivity index (χ4v) is 4.00. The summed E-state index contributed by atoms with van der Waals surface area (Å²) in [5, 5.41) is 9.25. The van der Waals surface area contributed by atoms with Crippen LogP contribution >= 0.6 is 0 Å². The Morgan fingerprint density at radius 3 is 3.00 bits per heavy atom. The number of halogens is 1.